The number of hydrogen-bond donors (Lipinski definition) is 3. The number of fused-ring (bicyclic) bond motifs is 1. The zero-order valence-electron chi connectivity index (χ0n) is 25.8. The molecule has 0 spiro atoms. The van der Waals surface area contributed by atoms with Crippen LogP contribution in [-0.2, 0) is 20.5 Å². The summed E-state index contributed by atoms with van der Waals surface area (Å²) in [7, 11) is -0.138. The lowest BCUT2D eigenvalue weighted by Crippen LogP contribution is -2.45. The Labute approximate surface area is 266 Å². The molecular formula is C31H44ClN5O6S. The van der Waals surface area contributed by atoms with Gasteiger partial charge in [-0.15, -0.1) is 0 Å². The van der Waals surface area contributed by atoms with Crippen molar-refractivity contribution in [1.82, 2.24) is 14.2 Å². The molecule has 2 saturated heterocycles. The van der Waals surface area contributed by atoms with Crippen LogP contribution in [0.4, 0.5) is 10.5 Å². The lowest BCUT2D eigenvalue weighted by Gasteiger charge is -2.32. The number of carbonyl (C=O) groups excluding carboxylic acids is 2. The fourth-order valence-corrected chi connectivity index (χ4v) is 6.72. The maximum Gasteiger partial charge on any atom is 0.409 e. The van der Waals surface area contributed by atoms with Crippen molar-refractivity contribution in [2.24, 2.45) is 5.73 Å². The topological polar surface area (TPSA) is 139 Å². The minimum atomic E-state index is -1.64. The van der Waals surface area contributed by atoms with Gasteiger partial charge >= 0.3 is 6.09 Å². The quantitative estimate of drug-likeness (QED) is 0.273. The number of aromatic amines is 1. The largest absolute Gasteiger partial charge is 0.491 e. The van der Waals surface area contributed by atoms with Crippen molar-refractivity contribution < 1.29 is 28.0 Å². The predicted octanol–water partition coefficient (Wildman–Crippen LogP) is 5.07. The molecule has 44 heavy (non-hydrogen) atoms. The number of aldehydes is 1. The van der Waals surface area contributed by atoms with Gasteiger partial charge in [0.05, 0.1) is 35.0 Å². The van der Waals surface area contributed by atoms with Gasteiger partial charge in [-0.2, -0.15) is 0 Å². The number of halogens is 1. The first-order chi connectivity index (χ1) is 21.5. The molecule has 1 amide bonds. The summed E-state index contributed by atoms with van der Waals surface area (Å²) in [6, 6.07) is 13.1. The van der Waals surface area contributed by atoms with Gasteiger partial charge in [-0.25, -0.2) is 13.3 Å². The van der Waals surface area contributed by atoms with Gasteiger partial charge in [0.2, 0.25) is 0 Å². The highest BCUT2D eigenvalue weighted by molar-refractivity contribution is 7.83. The molecule has 2 aliphatic heterocycles. The lowest BCUT2D eigenvalue weighted by molar-refractivity contribution is -0.0237. The molecule has 11 nitrogen and oxygen atoms in total. The smallest absolute Gasteiger partial charge is 0.409 e. The van der Waals surface area contributed by atoms with E-state index in [1.807, 2.05) is 44.2 Å². The molecular weight excluding hydrogens is 606 g/mol. The Morgan fingerprint density at radius 3 is 2.55 bits per heavy atom. The average Bonchev–Trinajstić information content (AvgIpc) is 3.45. The number of para-hydroxylation sites is 1. The monoisotopic (exact) mass is 649 g/mol. The SMILES string of the molecule is CC.CCOC(=O)N1CCC(Nc2cc(Cl)cc3c(S(=O)N4CCO[C@H](COc5ccccc5)C4)c(C=O)[nH]c23)CC1.CN. The third-order valence-corrected chi connectivity index (χ3v) is 8.85. The molecule has 1 aromatic heterocycles. The number of carbonyl (C=O) groups is 2. The summed E-state index contributed by atoms with van der Waals surface area (Å²) in [6.45, 7) is 8.84. The highest BCUT2D eigenvalue weighted by atomic mass is 35.5. The summed E-state index contributed by atoms with van der Waals surface area (Å²) in [6.07, 6.45) is 1.58. The maximum atomic E-state index is 13.9. The van der Waals surface area contributed by atoms with Crippen LogP contribution in [-0.4, -0.2) is 96.0 Å². The number of ether oxygens (including phenoxy) is 3. The van der Waals surface area contributed by atoms with Gasteiger partial charge in [-0.05, 0) is 51.1 Å². The van der Waals surface area contributed by atoms with Crippen molar-refractivity contribution in [3.05, 3.63) is 53.2 Å². The summed E-state index contributed by atoms with van der Waals surface area (Å²) < 4.78 is 32.5. The summed E-state index contributed by atoms with van der Waals surface area (Å²) in [5, 5.41) is 4.61. The van der Waals surface area contributed by atoms with Gasteiger partial charge < -0.3 is 35.1 Å². The molecule has 2 fully saturated rings. The van der Waals surface area contributed by atoms with Crippen LogP contribution in [0.2, 0.25) is 5.02 Å². The van der Waals surface area contributed by atoms with E-state index >= 15 is 0 Å². The number of likely N-dealkylation sites (tertiary alicyclic amines) is 1. The number of aromatic nitrogens is 1. The fourth-order valence-electron chi connectivity index (χ4n) is 5.06. The molecule has 13 heteroatoms. The molecule has 4 N–H and O–H groups in total. The van der Waals surface area contributed by atoms with Crippen LogP contribution in [0.25, 0.3) is 10.9 Å². The van der Waals surface area contributed by atoms with Crippen LogP contribution in [0.1, 0.15) is 44.1 Å². The number of nitrogens with zero attached hydrogens (tertiary/aromatic N) is 2. The van der Waals surface area contributed by atoms with E-state index in [4.69, 9.17) is 25.8 Å². The highest BCUT2D eigenvalue weighted by Gasteiger charge is 2.30. The van der Waals surface area contributed by atoms with Gasteiger partial charge in [0.25, 0.3) is 0 Å². The number of amides is 1. The first-order valence-corrected chi connectivity index (χ1v) is 16.5. The molecule has 0 bridgehead atoms. The van der Waals surface area contributed by atoms with Crippen LogP contribution < -0.4 is 15.8 Å². The van der Waals surface area contributed by atoms with Gasteiger partial charge in [-0.3, -0.25) is 4.79 Å². The number of nitrogens with two attached hydrogens (primary N) is 1. The van der Waals surface area contributed by atoms with E-state index in [0.29, 0.717) is 73.1 Å². The number of morpholine rings is 1. The van der Waals surface area contributed by atoms with Crippen LogP contribution >= 0.6 is 11.6 Å². The molecule has 2 aliphatic rings. The summed E-state index contributed by atoms with van der Waals surface area (Å²) in [4.78, 5) is 29.4. The zero-order valence-corrected chi connectivity index (χ0v) is 27.4. The Hall–Kier alpha value is -3.16. The lowest BCUT2D eigenvalue weighted by atomic mass is 10.0. The van der Waals surface area contributed by atoms with Gasteiger partial charge in [0.15, 0.2) is 6.29 Å². The third-order valence-electron chi connectivity index (χ3n) is 7.04. The number of anilines is 1. The standard InChI is InChI=1S/C28H33ClN4O6S.C2H6.CH5N/c1-2-37-28(35)32-10-8-20(9-11-32)30-24-15-19(29)14-23-26(24)31-25(17-34)27(23)40(36)33-12-13-38-22(16-33)18-39-21-6-4-3-5-7-21;2*1-2/h3-7,14-15,17,20,22,30-31H,2,8-13,16,18H2,1H3;1-2H3;2H2,1H3/t22-,40?;;/m0../s1. The van der Waals surface area contributed by atoms with E-state index in [9.17, 15) is 13.8 Å². The van der Waals surface area contributed by atoms with Crippen molar-refractivity contribution in [2.75, 3.05) is 58.4 Å². The van der Waals surface area contributed by atoms with E-state index < -0.39 is 11.0 Å². The Kier molecular flexibility index (Phi) is 14.4. The molecule has 5 rings (SSSR count). The Balaban J connectivity index is 0.00000127. The van der Waals surface area contributed by atoms with Crippen molar-refractivity contribution >= 4 is 51.6 Å². The normalized spacial score (nSPS) is 17.9. The minimum absolute atomic E-state index is 0.0916. The fraction of sp³-hybridized carbons (Fsp3) is 0.484. The molecule has 242 valence electrons. The summed E-state index contributed by atoms with van der Waals surface area (Å²) in [5.74, 6) is 0.741. The van der Waals surface area contributed by atoms with E-state index in [1.54, 1.807) is 28.3 Å². The van der Waals surface area contributed by atoms with Crippen molar-refractivity contribution in [3.8, 4) is 5.75 Å². The molecule has 0 radical (unpaired) electrons. The highest BCUT2D eigenvalue weighted by Crippen LogP contribution is 2.35. The van der Waals surface area contributed by atoms with Crippen molar-refractivity contribution in [2.45, 2.75) is 50.7 Å². The van der Waals surface area contributed by atoms with E-state index in [2.05, 4.69) is 16.0 Å². The van der Waals surface area contributed by atoms with Crippen LogP contribution in [0.5, 0.6) is 5.75 Å². The molecule has 1 unspecified atom stereocenters. The summed E-state index contributed by atoms with van der Waals surface area (Å²) in [5.41, 5.74) is 6.14. The Morgan fingerprint density at radius 2 is 1.89 bits per heavy atom. The maximum absolute atomic E-state index is 13.9. The predicted molar refractivity (Wildman–Crippen MR) is 175 cm³/mol. The second-order valence-electron chi connectivity index (χ2n) is 9.72. The number of rotatable bonds is 9. The number of nitrogens with one attached hydrogen (secondary N) is 2. The molecule has 0 saturated carbocycles. The Bertz CT molecular complexity index is 1370. The number of H-pyrrole nitrogens is 1. The van der Waals surface area contributed by atoms with Gasteiger partial charge in [0.1, 0.15) is 29.4 Å². The number of hydrogen-bond acceptors (Lipinski definition) is 8. The summed E-state index contributed by atoms with van der Waals surface area (Å²) >= 11 is 6.52. The molecule has 3 heterocycles. The van der Waals surface area contributed by atoms with Crippen LogP contribution in [0.15, 0.2) is 47.4 Å². The second-order valence-corrected chi connectivity index (χ2v) is 11.6. The van der Waals surface area contributed by atoms with Crippen molar-refractivity contribution in [1.29, 1.82) is 0 Å². The average molecular weight is 650 g/mol. The molecule has 2 atom stereocenters. The van der Waals surface area contributed by atoms with Gasteiger partial charge in [0, 0.05) is 42.6 Å². The van der Waals surface area contributed by atoms with E-state index in [1.165, 1.54) is 7.05 Å². The number of benzene rings is 2. The second kappa shape index (κ2) is 18.0. The first kappa shape index (κ1) is 35.3. The number of piperidine rings is 1. The molecule has 0 aliphatic carbocycles. The first-order valence-electron chi connectivity index (χ1n) is 15.0. The van der Waals surface area contributed by atoms with E-state index in [-0.39, 0.29) is 23.9 Å². The molecule has 2 aromatic carbocycles. The minimum Gasteiger partial charge on any atom is -0.491 e. The van der Waals surface area contributed by atoms with Crippen molar-refractivity contribution in [3.63, 3.8) is 0 Å². The zero-order chi connectivity index (χ0) is 32.1. The Morgan fingerprint density at radius 1 is 1.18 bits per heavy atom. The van der Waals surface area contributed by atoms with Crippen LogP contribution in [0, 0.1) is 0 Å². The van der Waals surface area contributed by atoms with E-state index in [0.717, 1.165) is 24.3 Å². The van der Waals surface area contributed by atoms with Gasteiger partial charge in [-0.1, -0.05) is 43.6 Å². The molecule has 3 aromatic rings. The third kappa shape index (κ3) is 8.95. The van der Waals surface area contributed by atoms with Crippen LogP contribution in [0.3, 0.4) is 0 Å².